The molecule has 2 saturated heterocycles. The molecule has 1 amide bonds. The molecule has 160 valence electrons. The summed E-state index contributed by atoms with van der Waals surface area (Å²) in [7, 11) is 0. The van der Waals surface area contributed by atoms with Crippen LogP contribution in [0.15, 0.2) is 24.3 Å². The molecule has 4 nitrogen and oxygen atoms in total. The number of piperidine rings is 1. The van der Waals surface area contributed by atoms with Crippen molar-refractivity contribution in [3.8, 4) is 0 Å². The molecule has 1 unspecified atom stereocenters. The zero-order valence-electron chi connectivity index (χ0n) is 16.7. The number of rotatable bonds is 5. The Morgan fingerprint density at radius 3 is 2.46 bits per heavy atom. The molecule has 2 heterocycles. The quantitative estimate of drug-likeness (QED) is 0.728. The van der Waals surface area contributed by atoms with E-state index in [1.165, 1.54) is 18.4 Å². The number of hydrogen-bond acceptors (Lipinski definition) is 3. The second kappa shape index (κ2) is 12.9. The van der Waals surface area contributed by atoms with E-state index in [2.05, 4.69) is 34.2 Å². The lowest BCUT2D eigenvalue weighted by Gasteiger charge is -2.30. The molecule has 0 radical (unpaired) electrons. The summed E-state index contributed by atoms with van der Waals surface area (Å²) in [6, 6.07) is 8.09. The van der Waals surface area contributed by atoms with Crippen molar-refractivity contribution in [1.82, 2.24) is 15.1 Å². The fourth-order valence-corrected chi connectivity index (χ4v) is 4.34. The third kappa shape index (κ3) is 7.72. The average molecular weight is 451 g/mol. The van der Waals surface area contributed by atoms with E-state index in [4.69, 9.17) is 11.6 Å². The molecule has 1 aromatic rings. The van der Waals surface area contributed by atoms with Crippen LogP contribution in [0.5, 0.6) is 0 Å². The van der Waals surface area contributed by atoms with Gasteiger partial charge in [-0.15, -0.1) is 24.8 Å². The van der Waals surface area contributed by atoms with Crippen molar-refractivity contribution in [3.05, 3.63) is 34.9 Å². The van der Waals surface area contributed by atoms with E-state index in [9.17, 15) is 4.79 Å². The van der Waals surface area contributed by atoms with Crippen LogP contribution in [0.1, 0.15) is 38.2 Å². The SMILES string of the molecule is CC(CC(=O)N1CCCN(Cc2ccc(Cl)cc2)CC1)C1CCNCC1.Cl.Cl. The lowest BCUT2D eigenvalue weighted by molar-refractivity contribution is -0.132. The third-order valence-corrected chi connectivity index (χ3v) is 6.20. The van der Waals surface area contributed by atoms with E-state index >= 15 is 0 Å². The Morgan fingerprint density at radius 1 is 1.11 bits per heavy atom. The predicted octanol–water partition coefficient (Wildman–Crippen LogP) is 4.24. The van der Waals surface area contributed by atoms with E-state index in [1.807, 2.05) is 12.1 Å². The standard InChI is InChI=1S/C21H32ClN3O.2ClH/c1-17(19-7-9-23-10-8-19)15-21(26)25-12-2-11-24(13-14-25)16-18-3-5-20(22)6-4-18;;/h3-6,17,19,23H,2,7-16H2,1H3;2*1H. The van der Waals surface area contributed by atoms with E-state index in [0.29, 0.717) is 24.2 Å². The molecule has 7 heteroatoms. The van der Waals surface area contributed by atoms with Gasteiger partial charge in [0.15, 0.2) is 0 Å². The number of amides is 1. The molecule has 0 aromatic heterocycles. The fraction of sp³-hybridized carbons (Fsp3) is 0.667. The van der Waals surface area contributed by atoms with Crippen LogP contribution in [0.25, 0.3) is 0 Å². The second-order valence-corrected chi connectivity index (χ2v) is 8.34. The molecule has 2 aliphatic heterocycles. The minimum Gasteiger partial charge on any atom is -0.341 e. The Balaban J connectivity index is 0.00000196. The van der Waals surface area contributed by atoms with E-state index < -0.39 is 0 Å². The third-order valence-electron chi connectivity index (χ3n) is 5.95. The molecule has 1 aromatic carbocycles. The average Bonchev–Trinajstić information content (AvgIpc) is 2.90. The molecular formula is C21H34Cl3N3O. The summed E-state index contributed by atoms with van der Waals surface area (Å²) in [4.78, 5) is 17.3. The molecule has 28 heavy (non-hydrogen) atoms. The molecule has 0 bridgehead atoms. The van der Waals surface area contributed by atoms with Crippen LogP contribution in [0.3, 0.4) is 0 Å². The largest absolute Gasteiger partial charge is 0.341 e. The van der Waals surface area contributed by atoms with Gasteiger partial charge >= 0.3 is 0 Å². The molecule has 1 atom stereocenters. The minimum absolute atomic E-state index is 0. The summed E-state index contributed by atoms with van der Waals surface area (Å²) >= 11 is 5.97. The summed E-state index contributed by atoms with van der Waals surface area (Å²) in [5.74, 6) is 1.55. The first-order valence-electron chi connectivity index (χ1n) is 10.1. The number of hydrogen-bond donors (Lipinski definition) is 1. The first-order chi connectivity index (χ1) is 12.6. The highest BCUT2D eigenvalue weighted by Crippen LogP contribution is 2.25. The van der Waals surface area contributed by atoms with Crippen LogP contribution >= 0.6 is 36.4 Å². The Kier molecular flexibility index (Phi) is 11.8. The van der Waals surface area contributed by atoms with Crippen molar-refractivity contribution in [1.29, 1.82) is 0 Å². The van der Waals surface area contributed by atoms with Gasteiger partial charge in [0.1, 0.15) is 0 Å². The molecule has 2 aliphatic rings. The van der Waals surface area contributed by atoms with Crippen molar-refractivity contribution in [2.45, 2.75) is 39.2 Å². The van der Waals surface area contributed by atoms with Crippen molar-refractivity contribution < 1.29 is 4.79 Å². The van der Waals surface area contributed by atoms with Crippen LogP contribution in [0.2, 0.25) is 5.02 Å². The zero-order chi connectivity index (χ0) is 18.4. The van der Waals surface area contributed by atoms with Gasteiger partial charge in [0.25, 0.3) is 0 Å². The predicted molar refractivity (Wildman–Crippen MR) is 122 cm³/mol. The van der Waals surface area contributed by atoms with Crippen molar-refractivity contribution >= 4 is 42.3 Å². The highest BCUT2D eigenvalue weighted by molar-refractivity contribution is 6.30. The Labute approximate surface area is 187 Å². The summed E-state index contributed by atoms with van der Waals surface area (Å²) in [5.41, 5.74) is 1.29. The number of halogens is 3. The molecule has 0 aliphatic carbocycles. The molecule has 0 saturated carbocycles. The smallest absolute Gasteiger partial charge is 0.222 e. The number of nitrogens with zero attached hydrogens (tertiary/aromatic N) is 2. The zero-order valence-corrected chi connectivity index (χ0v) is 19.1. The Morgan fingerprint density at radius 2 is 1.79 bits per heavy atom. The van der Waals surface area contributed by atoms with Gasteiger partial charge in [0, 0.05) is 44.2 Å². The van der Waals surface area contributed by atoms with Crippen LogP contribution in [0.4, 0.5) is 0 Å². The van der Waals surface area contributed by atoms with Gasteiger partial charge in [-0.25, -0.2) is 0 Å². The van der Waals surface area contributed by atoms with E-state index in [-0.39, 0.29) is 24.8 Å². The lowest BCUT2D eigenvalue weighted by Crippen LogP contribution is -2.37. The van der Waals surface area contributed by atoms with Crippen LogP contribution < -0.4 is 5.32 Å². The van der Waals surface area contributed by atoms with Gasteiger partial charge in [0.2, 0.25) is 5.91 Å². The van der Waals surface area contributed by atoms with Crippen molar-refractivity contribution in [2.24, 2.45) is 11.8 Å². The van der Waals surface area contributed by atoms with Gasteiger partial charge in [-0.3, -0.25) is 9.69 Å². The number of benzene rings is 1. The monoisotopic (exact) mass is 449 g/mol. The summed E-state index contributed by atoms with van der Waals surface area (Å²) in [6.07, 6.45) is 4.19. The second-order valence-electron chi connectivity index (χ2n) is 7.91. The maximum atomic E-state index is 12.8. The van der Waals surface area contributed by atoms with E-state index in [0.717, 1.165) is 57.3 Å². The Bertz CT molecular complexity index is 579. The Hall–Kier alpha value is -0.520. The molecule has 2 fully saturated rings. The summed E-state index contributed by atoms with van der Waals surface area (Å²) < 4.78 is 0. The van der Waals surface area contributed by atoms with Gasteiger partial charge in [0.05, 0.1) is 0 Å². The van der Waals surface area contributed by atoms with Crippen molar-refractivity contribution in [3.63, 3.8) is 0 Å². The minimum atomic E-state index is 0. The van der Waals surface area contributed by atoms with Gasteiger partial charge in [-0.1, -0.05) is 30.7 Å². The maximum absolute atomic E-state index is 12.8. The summed E-state index contributed by atoms with van der Waals surface area (Å²) in [5, 5.41) is 4.20. The van der Waals surface area contributed by atoms with E-state index in [1.54, 1.807) is 0 Å². The number of carbonyl (C=O) groups excluding carboxylic acids is 1. The normalized spacial score (nSPS) is 19.9. The number of nitrogens with one attached hydrogen (secondary N) is 1. The first kappa shape index (κ1) is 25.5. The first-order valence-corrected chi connectivity index (χ1v) is 10.4. The maximum Gasteiger partial charge on any atom is 0.222 e. The topological polar surface area (TPSA) is 35.6 Å². The van der Waals surface area contributed by atoms with Gasteiger partial charge in [-0.05, 0) is 61.9 Å². The molecular weight excluding hydrogens is 417 g/mol. The highest BCUT2D eigenvalue weighted by atomic mass is 35.5. The van der Waals surface area contributed by atoms with Gasteiger partial charge < -0.3 is 10.2 Å². The fourth-order valence-electron chi connectivity index (χ4n) is 4.21. The summed E-state index contributed by atoms with van der Waals surface area (Å²) in [6.45, 7) is 9.16. The van der Waals surface area contributed by atoms with Gasteiger partial charge in [-0.2, -0.15) is 0 Å². The van der Waals surface area contributed by atoms with Crippen LogP contribution in [-0.4, -0.2) is 55.0 Å². The van der Waals surface area contributed by atoms with Crippen LogP contribution in [0, 0.1) is 11.8 Å². The lowest BCUT2D eigenvalue weighted by atomic mass is 9.84. The highest BCUT2D eigenvalue weighted by Gasteiger charge is 2.25. The molecule has 1 N–H and O–H groups in total. The molecule has 0 spiro atoms. The van der Waals surface area contributed by atoms with Crippen molar-refractivity contribution in [2.75, 3.05) is 39.3 Å². The van der Waals surface area contributed by atoms with Crippen LogP contribution in [-0.2, 0) is 11.3 Å². The number of carbonyl (C=O) groups is 1. The molecule has 3 rings (SSSR count).